The summed E-state index contributed by atoms with van der Waals surface area (Å²) in [7, 11) is 0. The Morgan fingerprint density at radius 2 is 2.24 bits per heavy atom. The average Bonchev–Trinajstić information content (AvgIpc) is 2.18. The van der Waals surface area contributed by atoms with Gasteiger partial charge < -0.3 is 16.2 Å². The topological polar surface area (TPSA) is 75.3 Å². The molecule has 1 aliphatic carbocycles. The number of carbonyl (C=O) groups excluding carboxylic acids is 1. The van der Waals surface area contributed by atoms with Gasteiger partial charge in [-0.05, 0) is 43.9 Å². The van der Waals surface area contributed by atoms with Gasteiger partial charge in [-0.2, -0.15) is 0 Å². The third-order valence-electron chi connectivity index (χ3n) is 3.50. The van der Waals surface area contributed by atoms with Gasteiger partial charge in [0.15, 0.2) is 0 Å². The Balaban J connectivity index is 2.05. The van der Waals surface area contributed by atoms with Crippen LogP contribution in [0.15, 0.2) is 18.2 Å². The first-order valence-electron chi connectivity index (χ1n) is 5.97. The Kier molecular flexibility index (Phi) is 3.22. The summed E-state index contributed by atoms with van der Waals surface area (Å²) < 4.78 is 0. The van der Waals surface area contributed by atoms with Crippen LogP contribution in [0.1, 0.15) is 36.5 Å². The predicted molar refractivity (Wildman–Crippen MR) is 66.8 cm³/mol. The van der Waals surface area contributed by atoms with Crippen LogP contribution < -0.4 is 11.1 Å². The van der Waals surface area contributed by atoms with Gasteiger partial charge in [0.2, 0.25) is 0 Å². The van der Waals surface area contributed by atoms with Crippen molar-refractivity contribution in [2.45, 2.75) is 32.2 Å². The Morgan fingerprint density at radius 3 is 2.82 bits per heavy atom. The molecule has 4 N–H and O–H groups in total. The fraction of sp³-hybridized carbons (Fsp3) is 0.462. The molecule has 4 nitrogen and oxygen atoms in total. The lowest BCUT2D eigenvalue weighted by Gasteiger charge is -2.31. The summed E-state index contributed by atoms with van der Waals surface area (Å²) in [5.74, 6) is 0.427. The van der Waals surface area contributed by atoms with E-state index in [2.05, 4.69) is 5.32 Å². The maximum atomic E-state index is 12.0. The van der Waals surface area contributed by atoms with Crippen LogP contribution in [0.3, 0.4) is 0 Å². The van der Waals surface area contributed by atoms with Crippen LogP contribution in [0.2, 0.25) is 0 Å². The van der Waals surface area contributed by atoms with Gasteiger partial charge in [-0.25, -0.2) is 0 Å². The summed E-state index contributed by atoms with van der Waals surface area (Å²) in [6.45, 7) is 2.01. The van der Waals surface area contributed by atoms with Crippen LogP contribution in [0.4, 0.5) is 5.69 Å². The molecule has 4 heteroatoms. The van der Waals surface area contributed by atoms with Gasteiger partial charge in [-0.1, -0.05) is 6.42 Å². The molecule has 1 aromatic rings. The summed E-state index contributed by atoms with van der Waals surface area (Å²) in [6, 6.07) is 4.58. The van der Waals surface area contributed by atoms with E-state index in [4.69, 9.17) is 5.73 Å². The molecular weight excluding hydrogens is 216 g/mol. The number of benzene rings is 1. The quantitative estimate of drug-likeness (QED) is 0.552. The van der Waals surface area contributed by atoms with E-state index in [0.29, 0.717) is 17.2 Å². The number of rotatable bonds is 3. The van der Waals surface area contributed by atoms with E-state index < -0.39 is 0 Å². The number of hydrogen-bond donors (Lipinski definition) is 3. The molecule has 0 radical (unpaired) electrons. The molecule has 1 atom stereocenters. The van der Waals surface area contributed by atoms with Crippen molar-refractivity contribution in [2.24, 2.45) is 5.92 Å². The fourth-order valence-corrected chi connectivity index (χ4v) is 2.08. The maximum Gasteiger partial charge on any atom is 0.253 e. The zero-order chi connectivity index (χ0) is 12.4. The first-order chi connectivity index (χ1) is 8.08. The first kappa shape index (κ1) is 11.8. The number of phenolic OH excluding ortho intramolecular Hbond substituents is 1. The van der Waals surface area contributed by atoms with Crippen molar-refractivity contribution in [3.05, 3.63) is 23.8 Å². The second-order valence-electron chi connectivity index (χ2n) is 4.72. The molecule has 1 aliphatic rings. The third-order valence-corrected chi connectivity index (χ3v) is 3.50. The van der Waals surface area contributed by atoms with Crippen molar-refractivity contribution in [1.29, 1.82) is 0 Å². The van der Waals surface area contributed by atoms with Gasteiger partial charge in [-0.3, -0.25) is 4.79 Å². The van der Waals surface area contributed by atoms with Gasteiger partial charge >= 0.3 is 0 Å². The highest BCUT2D eigenvalue weighted by molar-refractivity contribution is 5.99. The van der Waals surface area contributed by atoms with E-state index in [0.717, 1.165) is 0 Å². The molecule has 1 fully saturated rings. The van der Waals surface area contributed by atoms with Crippen molar-refractivity contribution in [3.8, 4) is 5.75 Å². The van der Waals surface area contributed by atoms with Gasteiger partial charge in [0.1, 0.15) is 5.75 Å². The highest BCUT2D eigenvalue weighted by atomic mass is 16.3. The smallest absolute Gasteiger partial charge is 0.253 e. The van der Waals surface area contributed by atoms with Crippen molar-refractivity contribution in [3.63, 3.8) is 0 Å². The number of hydrogen-bond acceptors (Lipinski definition) is 3. The molecule has 17 heavy (non-hydrogen) atoms. The molecule has 0 bridgehead atoms. The minimum Gasteiger partial charge on any atom is -0.508 e. The molecule has 1 aromatic carbocycles. The largest absolute Gasteiger partial charge is 0.508 e. The van der Waals surface area contributed by atoms with Crippen molar-refractivity contribution < 1.29 is 9.90 Å². The molecule has 0 spiro atoms. The van der Waals surface area contributed by atoms with E-state index in [1.54, 1.807) is 0 Å². The zero-order valence-corrected chi connectivity index (χ0v) is 9.94. The standard InChI is InChI=1S/C13H18N2O2/c1-8(9-3-2-4-9)15-13(17)11-7-10(16)5-6-12(11)14/h5-9,16H,2-4,14H2,1H3,(H,15,17). The number of nitrogens with one attached hydrogen (secondary N) is 1. The van der Waals surface area contributed by atoms with Crippen LogP contribution >= 0.6 is 0 Å². The number of nitrogens with two attached hydrogens (primary N) is 1. The van der Waals surface area contributed by atoms with Crippen molar-refractivity contribution >= 4 is 11.6 Å². The fourth-order valence-electron chi connectivity index (χ4n) is 2.08. The first-order valence-corrected chi connectivity index (χ1v) is 5.97. The van der Waals surface area contributed by atoms with Gasteiger partial charge in [0.25, 0.3) is 5.91 Å². The minimum absolute atomic E-state index is 0.0562. The monoisotopic (exact) mass is 234 g/mol. The highest BCUT2D eigenvalue weighted by Crippen LogP contribution is 2.29. The number of carbonyl (C=O) groups is 1. The molecule has 2 rings (SSSR count). The minimum atomic E-state index is -0.210. The van der Waals surface area contributed by atoms with Crippen LogP contribution in [0.5, 0.6) is 5.75 Å². The van der Waals surface area contributed by atoms with Gasteiger partial charge in [0, 0.05) is 11.7 Å². The predicted octanol–water partition coefficient (Wildman–Crippen LogP) is 1.89. The van der Waals surface area contributed by atoms with E-state index in [1.165, 1.54) is 37.5 Å². The van der Waals surface area contributed by atoms with Crippen LogP contribution in [0, 0.1) is 5.92 Å². The van der Waals surface area contributed by atoms with Crippen molar-refractivity contribution in [1.82, 2.24) is 5.32 Å². The van der Waals surface area contributed by atoms with Gasteiger partial charge in [0.05, 0.1) is 5.56 Å². The molecule has 0 aromatic heterocycles. The lowest BCUT2D eigenvalue weighted by molar-refractivity contribution is 0.0910. The van der Waals surface area contributed by atoms with Crippen molar-refractivity contribution in [2.75, 3.05) is 5.73 Å². The molecule has 1 amide bonds. The SMILES string of the molecule is CC(NC(=O)c1cc(O)ccc1N)C1CCC1. The molecule has 0 heterocycles. The molecule has 1 saturated carbocycles. The van der Waals surface area contributed by atoms with E-state index in [1.807, 2.05) is 6.92 Å². The number of phenols is 1. The third kappa shape index (κ3) is 2.52. The van der Waals surface area contributed by atoms with Crippen LogP contribution in [0.25, 0.3) is 0 Å². The Labute approximate surface area is 101 Å². The number of nitrogen functional groups attached to an aromatic ring is 1. The summed E-state index contributed by atoms with van der Waals surface area (Å²) in [5.41, 5.74) is 6.45. The average molecular weight is 234 g/mol. The summed E-state index contributed by atoms with van der Waals surface area (Å²) in [6.07, 6.45) is 3.60. The lowest BCUT2D eigenvalue weighted by Crippen LogP contribution is -2.40. The second kappa shape index (κ2) is 4.65. The summed E-state index contributed by atoms with van der Waals surface area (Å²) in [5, 5.41) is 12.3. The summed E-state index contributed by atoms with van der Waals surface area (Å²) in [4.78, 5) is 12.0. The van der Waals surface area contributed by atoms with E-state index >= 15 is 0 Å². The normalized spacial score (nSPS) is 17.2. The number of amides is 1. The Bertz CT molecular complexity index is 427. The number of anilines is 1. The molecule has 1 unspecified atom stereocenters. The van der Waals surface area contributed by atoms with Crippen LogP contribution in [-0.2, 0) is 0 Å². The second-order valence-corrected chi connectivity index (χ2v) is 4.72. The van der Waals surface area contributed by atoms with E-state index in [-0.39, 0.29) is 17.7 Å². The molecule has 0 saturated heterocycles. The molecule has 0 aliphatic heterocycles. The lowest BCUT2D eigenvalue weighted by atomic mass is 9.80. The number of aromatic hydroxyl groups is 1. The zero-order valence-electron chi connectivity index (χ0n) is 9.94. The highest BCUT2D eigenvalue weighted by Gasteiger charge is 2.25. The van der Waals surface area contributed by atoms with Gasteiger partial charge in [-0.15, -0.1) is 0 Å². The maximum absolute atomic E-state index is 12.0. The van der Waals surface area contributed by atoms with Crippen LogP contribution in [-0.4, -0.2) is 17.1 Å². The molecular formula is C13H18N2O2. The Morgan fingerprint density at radius 1 is 1.53 bits per heavy atom. The Hall–Kier alpha value is -1.71. The summed E-state index contributed by atoms with van der Waals surface area (Å²) >= 11 is 0. The van der Waals surface area contributed by atoms with E-state index in [9.17, 15) is 9.90 Å². The molecule has 92 valence electrons.